The van der Waals surface area contributed by atoms with Gasteiger partial charge in [0, 0.05) is 31.4 Å². The Labute approximate surface area is 120 Å². The molecule has 0 radical (unpaired) electrons. The highest BCUT2D eigenvalue weighted by Gasteiger charge is 2.16. The van der Waals surface area contributed by atoms with Crippen LogP contribution in [0.1, 0.15) is 31.7 Å². The van der Waals surface area contributed by atoms with Crippen LogP contribution < -0.4 is 10.6 Å². The highest BCUT2D eigenvalue weighted by molar-refractivity contribution is 5.80. The van der Waals surface area contributed by atoms with E-state index in [1.165, 1.54) is 6.42 Å². The second kappa shape index (κ2) is 7.07. The molecule has 1 amide bonds. The van der Waals surface area contributed by atoms with Gasteiger partial charge in [-0.05, 0) is 33.1 Å². The van der Waals surface area contributed by atoms with Gasteiger partial charge in [0.2, 0.25) is 11.9 Å². The van der Waals surface area contributed by atoms with Crippen LogP contribution in [0.25, 0.3) is 0 Å². The molecule has 2 rings (SSSR count). The van der Waals surface area contributed by atoms with Crippen LogP contribution in [0.2, 0.25) is 0 Å². The Morgan fingerprint density at radius 3 is 2.75 bits per heavy atom. The fraction of sp³-hybridized carbons (Fsp3) is 0.643. The van der Waals surface area contributed by atoms with Gasteiger partial charge in [-0.3, -0.25) is 4.79 Å². The molecular formula is C14H23N5O. The molecule has 1 saturated heterocycles. The van der Waals surface area contributed by atoms with Crippen molar-refractivity contribution in [3.8, 4) is 0 Å². The molecule has 0 spiro atoms. The smallest absolute Gasteiger partial charge is 0.241 e. The summed E-state index contributed by atoms with van der Waals surface area (Å²) in [6.45, 7) is 6.76. The van der Waals surface area contributed by atoms with Gasteiger partial charge in [0.15, 0.2) is 0 Å². The number of carbonyl (C=O) groups excluding carboxylic acids is 1. The number of piperidine rings is 1. The van der Waals surface area contributed by atoms with Gasteiger partial charge in [-0.25, -0.2) is 4.98 Å². The van der Waals surface area contributed by atoms with Crippen LogP contribution in [-0.2, 0) is 4.79 Å². The molecule has 1 fully saturated rings. The molecule has 1 aromatic rings. The maximum atomic E-state index is 12.1. The lowest BCUT2D eigenvalue weighted by Gasteiger charge is -2.26. The Balaban J connectivity index is 1.92. The van der Waals surface area contributed by atoms with Crippen molar-refractivity contribution in [3.05, 3.63) is 11.8 Å². The molecule has 0 unspecified atom stereocenters. The topological polar surface area (TPSA) is 70.2 Å². The third-order valence-corrected chi connectivity index (χ3v) is 3.42. The standard InChI is InChI=1S/C14H23N5O/c1-3-15-14-17-9-11(2)13(18-14)16-10-12(20)19-7-5-4-6-8-19/h9H,3-8,10H2,1-2H3,(H2,15,16,17,18). The van der Waals surface area contributed by atoms with Crippen molar-refractivity contribution >= 4 is 17.7 Å². The van der Waals surface area contributed by atoms with Crippen molar-refractivity contribution in [1.29, 1.82) is 0 Å². The van der Waals surface area contributed by atoms with Gasteiger partial charge in [0.25, 0.3) is 0 Å². The van der Waals surface area contributed by atoms with E-state index in [2.05, 4.69) is 20.6 Å². The van der Waals surface area contributed by atoms with Crippen molar-refractivity contribution < 1.29 is 4.79 Å². The summed E-state index contributed by atoms with van der Waals surface area (Å²) in [5.74, 6) is 1.46. The molecule has 6 heteroatoms. The number of nitrogens with zero attached hydrogens (tertiary/aromatic N) is 3. The van der Waals surface area contributed by atoms with Crippen molar-refractivity contribution in [2.24, 2.45) is 0 Å². The molecule has 0 bridgehead atoms. The summed E-state index contributed by atoms with van der Waals surface area (Å²) in [5.41, 5.74) is 0.943. The summed E-state index contributed by atoms with van der Waals surface area (Å²) < 4.78 is 0. The molecule has 20 heavy (non-hydrogen) atoms. The summed E-state index contributed by atoms with van der Waals surface area (Å²) in [4.78, 5) is 22.6. The normalized spacial score (nSPS) is 15.0. The summed E-state index contributed by atoms with van der Waals surface area (Å²) in [6, 6.07) is 0. The molecule has 2 heterocycles. The first kappa shape index (κ1) is 14.6. The molecule has 1 aliphatic rings. The van der Waals surface area contributed by atoms with E-state index in [1.54, 1.807) is 6.20 Å². The number of aryl methyl sites for hydroxylation is 1. The Morgan fingerprint density at radius 2 is 2.05 bits per heavy atom. The average molecular weight is 277 g/mol. The molecule has 0 atom stereocenters. The van der Waals surface area contributed by atoms with Gasteiger partial charge in [0.1, 0.15) is 5.82 Å². The van der Waals surface area contributed by atoms with Crippen LogP contribution in [-0.4, -0.2) is 47.0 Å². The lowest BCUT2D eigenvalue weighted by molar-refractivity contribution is -0.130. The zero-order chi connectivity index (χ0) is 14.4. The second-order valence-electron chi connectivity index (χ2n) is 5.05. The SMILES string of the molecule is CCNc1ncc(C)c(NCC(=O)N2CCCCC2)n1. The number of amides is 1. The maximum Gasteiger partial charge on any atom is 0.241 e. The van der Waals surface area contributed by atoms with Crippen LogP contribution in [0.4, 0.5) is 11.8 Å². The van der Waals surface area contributed by atoms with E-state index in [0.717, 1.165) is 43.9 Å². The predicted molar refractivity (Wildman–Crippen MR) is 79.9 cm³/mol. The molecule has 1 aliphatic heterocycles. The number of hydrogen-bond donors (Lipinski definition) is 2. The molecule has 0 saturated carbocycles. The van der Waals surface area contributed by atoms with Gasteiger partial charge in [-0.1, -0.05) is 0 Å². The van der Waals surface area contributed by atoms with Crippen LogP contribution in [0.3, 0.4) is 0 Å². The van der Waals surface area contributed by atoms with Crippen molar-refractivity contribution in [2.75, 3.05) is 36.8 Å². The molecule has 6 nitrogen and oxygen atoms in total. The minimum Gasteiger partial charge on any atom is -0.361 e. The zero-order valence-electron chi connectivity index (χ0n) is 12.3. The Kier molecular flexibility index (Phi) is 5.15. The van der Waals surface area contributed by atoms with Crippen molar-refractivity contribution in [2.45, 2.75) is 33.1 Å². The van der Waals surface area contributed by atoms with E-state index < -0.39 is 0 Å². The molecule has 110 valence electrons. The maximum absolute atomic E-state index is 12.1. The summed E-state index contributed by atoms with van der Waals surface area (Å²) in [5, 5.41) is 6.20. The van der Waals surface area contributed by atoms with E-state index in [-0.39, 0.29) is 5.91 Å². The zero-order valence-corrected chi connectivity index (χ0v) is 12.3. The predicted octanol–water partition coefficient (Wildman–Crippen LogP) is 1.64. The van der Waals surface area contributed by atoms with Gasteiger partial charge < -0.3 is 15.5 Å². The summed E-state index contributed by atoms with van der Waals surface area (Å²) >= 11 is 0. The molecule has 2 N–H and O–H groups in total. The first-order valence-corrected chi connectivity index (χ1v) is 7.30. The van der Waals surface area contributed by atoms with Crippen LogP contribution in [0, 0.1) is 6.92 Å². The summed E-state index contributed by atoms with van der Waals surface area (Å²) in [6.07, 6.45) is 5.22. The number of aromatic nitrogens is 2. The number of nitrogens with one attached hydrogen (secondary N) is 2. The van der Waals surface area contributed by atoms with E-state index >= 15 is 0 Å². The number of likely N-dealkylation sites (tertiary alicyclic amines) is 1. The molecular weight excluding hydrogens is 254 g/mol. The quantitative estimate of drug-likeness (QED) is 0.856. The minimum atomic E-state index is 0.146. The Bertz CT molecular complexity index is 457. The fourth-order valence-electron chi connectivity index (χ4n) is 2.28. The lowest BCUT2D eigenvalue weighted by atomic mass is 10.1. The van der Waals surface area contributed by atoms with Gasteiger partial charge in [0.05, 0.1) is 6.54 Å². The van der Waals surface area contributed by atoms with E-state index in [4.69, 9.17) is 0 Å². The number of rotatable bonds is 5. The molecule has 0 aliphatic carbocycles. The van der Waals surface area contributed by atoms with Crippen LogP contribution >= 0.6 is 0 Å². The monoisotopic (exact) mass is 277 g/mol. The molecule has 0 aromatic carbocycles. The average Bonchev–Trinajstić information content (AvgIpc) is 2.48. The van der Waals surface area contributed by atoms with E-state index in [9.17, 15) is 4.79 Å². The summed E-state index contributed by atoms with van der Waals surface area (Å²) in [7, 11) is 0. The first-order chi connectivity index (χ1) is 9.70. The van der Waals surface area contributed by atoms with Crippen molar-refractivity contribution in [1.82, 2.24) is 14.9 Å². The van der Waals surface area contributed by atoms with Crippen molar-refractivity contribution in [3.63, 3.8) is 0 Å². The Hall–Kier alpha value is -1.85. The van der Waals surface area contributed by atoms with E-state index in [1.807, 2.05) is 18.7 Å². The largest absolute Gasteiger partial charge is 0.361 e. The first-order valence-electron chi connectivity index (χ1n) is 7.30. The molecule has 1 aromatic heterocycles. The Morgan fingerprint density at radius 1 is 1.30 bits per heavy atom. The minimum absolute atomic E-state index is 0.146. The third kappa shape index (κ3) is 3.82. The van der Waals surface area contributed by atoms with Gasteiger partial charge >= 0.3 is 0 Å². The number of anilines is 2. The lowest BCUT2D eigenvalue weighted by Crippen LogP contribution is -2.39. The second-order valence-corrected chi connectivity index (χ2v) is 5.05. The van der Waals surface area contributed by atoms with Gasteiger partial charge in [-0.2, -0.15) is 4.98 Å². The van der Waals surface area contributed by atoms with E-state index in [0.29, 0.717) is 12.5 Å². The van der Waals surface area contributed by atoms with Gasteiger partial charge in [-0.15, -0.1) is 0 Å². The highest BCUT2D eigenvalue weighted by Crippen LogP contribution is 2.13. The van der Waals surface area contributed by atoms with Crippen LogP contribution in [0.5, 0.6) is 0 Å². The highest BCUT2D eigenvalue weighted by atomic mass is 16.2. The number of hydrogen-bond acceptors (Lipinski definition) is 5. The van der Waals surface area contributed by atoms with Crippen LogP contribution in [0.15, 0.2) is 6.20 Å². The number of carbonyl (C=O) groups is 1. The fourth-order valence-corrected chi connectivity index (χ4v) is 2.28. The third-order valence-electron chi connectivity index (χ3n) is 3.42.